The Bertz CT molecular complexity index is 377. The minimum atomic E-state index is -0.300. The molecule has 0 radical (unpaired) electrons. The highest BCUT2D eigenvalue weighted by Crippen LogP contribution is 2.15. The first-order chi connectivity index (χ1) is 8.77. The highest BCUT2D eigenvalue weighted by Gasteiger charge is 2.19. The number of nitrogens with zero attached hydrogens (tertiary/aromatic N) is 1. The zero-order chi connectivity index (χ0) is 12.8. The predicted molar refractivity (Wildman–Crippen MR) is 71.4 cm³/mol. The maximum Gasteiger partial charge on any atom is 0.162 e. The summed E-state index contributed by atoms with van der Waals surface area (Å²) < 4.78 is 0. The molecule has 1 aliphatic rings. The Morgan fingerprint density at radius 3 is 2.78 bits per heavy atom. The van der Waals surface area contributed by atoms with Crippen LogP contribution < -0.4 is 0 Å². The molecular formula is C15H21NO2. The standard InChI is InChI=1S/C15H21NO2/c17-14(13-7-2-1-3-8-13)9-6-12-16-11-5-4-10-15(16)18/h1-3,7-8,15,18H,4-6,9-12H2. The molecule has 98 valence electrons. The largest absolute Gasteiger partial charge is 0.378 e. The van der Waals surface area contributed by atoms with Crippen LogP contribution in [-0.2, 0) is 0 Å². The van der Waals surface area contributed by atoms with Crippen LogP contribution in [0.25, 0.3) is 0 Å². The van der Waals surface area contributed by atoms with Crippen LogP contribution in [0.3, 0.4) is 0 Å². The molecule has 1 heterocycles. The van der Waals surface area contributed by atoms with E-state index in [0.29, 0.717) is 6.42 Å². The molecular weight excluding hydrogens is 226 g/mol. The van der Waals surface area contributed by atoms with Crippen molar-refractivity contribution in [1.82, 2.24) is 4.90 Å². The van der Waals surface area contributed by atoms with E-state index in [0.717, 1.165) is 44.3 Å². The minimum Gasteiger partial charge on any atom is -0.378 e. The second-order valence-electron chi connectivity index (χ2n) is 4.91. The molecule has 1 saturated heterocycles. The number of ketones is 1. The first-order valence-corrected chi connectivity index (χ1v) is 6.78. The Morgan fingerprint density at radius 1 is 1.28 bits per heavy atom. The van der Waals surface area contributed by atoms with E-state index in [1.54, 1.807) is 0 Å². The molecule has 1 fully saturated rings. The summed E-state index contributed by atoms with van der Waals surface area (Å²) in [6.07, 6.45) is 4.22. The van der Waals surface area contributed by atoms with Gasteiger partial charge in [0.1, 0.15) is 6.23 Å². The Balaban J connectivity index is 1.73. The first-order valence-electron chi connectivity index (χ1n) is 6.78. The van der Waals surface area contributed by atoms with E-state index in [9.17, 15) is 9.90 Å². The maximum absolute atomic E-state index is 11.9. The summed E-state index contributed by atoms with van der Waals surface area (Å²) in [5, 5.41) is 9.79. The summed E-state index contributed by atoms with van der Waals surface area (Å²) in [5.41, 5.74) is 0.789. The summed E-state index contributed by atoms with van der Waals surface area (Å²) in [6.45, 7) is 1.78. The molecule has 1 N–H and O–H groups in total. The van der Waals surface area contributed by atoms with Crippen LogP contribution in [0.2, 0.25) is 0 Å². The van der Waals surface area contributed by atoms with Gasteiger partial charge in [0, 0.05) is 25.1 Å². The Hall–Kier alpha value is -1.19. The number of Topliss-reactive ketones (excluding diaryl/α,β-unsaturated/α-hetero) is 1. The van der Waals surface area contributed by atoms with Gasteiger partial charge in [0.05, 0.1) is 0 Å². The van der Waals surface area contributed by atoms with Crippen molar-refractivity contribution in [3.63, 3.8) is 0 Å². The average Bonchev–Trinajstić information content (AvgIpc) is 2.42. The number of aliphatic hydroxyl groups is 1. The van der Waals surface area contributed by atoms with E-state index in [-0.39, 0.29) is 12.0 Å². The zero-order valence-electron chi connectivity index (χ0n) is 10.7. The fourth-order valence-electron chi connectivity index (χ4n) is 2.45. The summed E-state index contributed by atoms with van der Waals surface area (Å²) in [4.78, 5) is 14.0. The van der Waals surface area contributed by atoms with Gasteiger partial charge in [0.25, 0.3) is 0 Å². The third-order valence-electron chi connectivity index (χ3n) is 3.52. The molecule has 1 atom stereocenters. The van der Waals surface area contributed by atoms with Gasteiger partial charge in [-0.15, -0.1) is 0 Å². The molecule has 0 amide bonds. The summed E-state index contributed by atoms with van der Waals surface area (Å²) in [6, 6.07) is 9.42. The Morgan fingerprint density at radius 2 is 2.06 bits per heavy atom. The lowest BCUT2D eigenvalue weighted by atomic mass is 10.1. The van der Waals surface area contributed by atoms with Gasteiger partial charge in [0.15, 0.2) is 5.78 Å². The Kier molecular flexibility index (Phi) is 4.90. The van der Waals surface area contributed by atoms with Crippen LogP contribution in [0, 0.1) is 0 Å². The highest BCUT2D eigenvalue weighted by atomic mass is 16.3. The van der Waals surface area contributed by atoms with Crippen molar-refractivity contribution in [1.29, 1.82) is 0 Å². The number of aliphatic hydroxyl groups excluding tert-OH is 1. The zero-order valence-corrected chi connectivity index (χ0v) is 10.7. The number of carbonyl (C=O) groups excluding carboxylic acids is 1. The molecule has 0 spiro atoms. The second kappa shape index (κ2) is 6.66. The lowest BCUT2D eigenvalue weighted by Crippen LogP contribution is -2.39. The van der Waals surface area contributed by atoms with Gasteiger partial charge in [-0.1, -0.05) is 30.3 Å². The normalized spacial score (nSPS) is 20.8. The second-order valence-corrected chi connectivity index (χ2v) is 4.91. The quantitative estimate of drug-likeness (QED) is 0.812. The summed E-state index contributed by atoms with van der Waals surface area (Å²) >= 11 is 0. The van der Waals surface area contributed by atoms with Crippen LogP contribution in [-0.4, -0.2) is 35.1 Å². The van der Waals surface area contributed by atoms with Gasteiger partial charge >= 0.3 is 0 Å². The van der Waals surface area contributed by atoms with Crippen LogP contribution in [0.4, 0.5) is 0 Å². The van der Waals surface area contributed by atoms with Gasteiger partial charge in [-0.3, -0.25) is 9.69 Å². The number of hydrogen-bond donors (Lipinski definition) is 1. The molecule has 1 aromatic carbocycles. The number of rotatable bonds is 5. The number of hydrogen-bond acceptors (Lipinski definition) is 3. The van der Waals surface area contributed by atoms with Crippen molar-refractivity contribution in [3.05, 3.63) is 35.9 Å². The number of likely N-dealkylation sites (tertiary alicyclic amines) is 1. The minimum absolute atomic E-state index is 0.196. The van der Waals surface area contributed by atoms with Gasteiger partial charge in [0.2, 0.25) is 0 Å². The lowest BCUT2D eigenvalue weighted by Gasteiger charge is -2.31. The molecule has 2 rings (SSSR count). The van der Waals surface area contributed by atoms with Crippen LogP contribution >= 0.6 is 0 Å². The molecule has 0 aliphatic carbocycles. The average molecular weight is 247 g/mol. The van der Waals surface area contributed by atoms with E-state index < -0.39 is 0 Å². The fourth-order valence-corrected chi connectivity index (χ4v) is 2.45. The van der Waals surface area contributed by atoms with Gasteiger partial charge < -0.3 is 5.11 Å². The predicted octanol–water partition coefficient (Wildman–Crippen LogP) is 2.45. The van der Waals surface area contributed by atoms with Crippen molar-refractivity contribution in [3.8, 4) is 0 Å². The van der Waals surface area contributed by atoms with Crippen LogP contribution in [0.15, 0.2) is 30.3 Å². The van der Waals surface area contributed by atoms with Crippen molar-refractivity contribution in [2.45, 2.75) is 38.3 Å². The van der Waals surface area contributed by atoms with Gasteiger partial charge in [-0.25, -0.2) is 0 Å². The highest BCUT2D eigenvalue weighted by molar-refractivity contribution is 5.95. The molecule has 1 aliphatic heterocycles. The van der Waals surface area contributed by atoms with E-state index in [2.05, 4.69) is 4.90 Å². The van der Waals surface area contributed by atoms with Crippen molar-refractivity contribution < 1.29 is 9.90 Å². The van der Waals surface area contributed by atoms with Crippen molar-refractivity contribution in [2.24, 2.45) is 0 Å². The van der Waals surface area contributed by atoms with Crippen molar-refractivity contribution >= 4 is 5.78 Å². The molecule has 0 bridgehead atoms. The summed E-state index contributed by atoms with van der Waals surface area (Å²) in [7, 11) is 0. The first kappa shape index (κ1) is 13.2. The topological polar surface area (TPSA) is 40.5 Å². The summed E-state index contributed by atoms with van der Waals surface area (Å²) in [5.74, 6) is 0.196. The third-order valence-corrected chi connectivity index (χ3v) is 3.52. The third kappa shape index (κ3) is 3.65. The van der Waals surface area contributed by atoms with Crippen molar-refractivity contribution in [2.75, 3.05) is 13.1 Å². The number of piperidine rings is 1. The molecule has 1 unspecified atom stereocenters. The molecule has 18 heavy (non-hydrogen) atoms. The molecule has 0 aromatic heterocycles. The van der Waals surface area contributed by atoms with Crippen LogP contribution in [0.5, 0.6) is 0 Å². The fraction of sp³-hybridized carbons (Fsp3) is 0.533. The smallest absolute Gasteiger partial charge is 0.162 e. The molecule has 3 heteroatoms. The SMILES string of the molecule is O=C(CCCN1CCCCC1O)c1ccccc1. The number of carbonyl (C=O) groups is 1. The monoisotopic (exact) mass is 247 g/mol. The van der Waals surface area contributed by atoms with Crippen LogP contribution in [0.1, 0.15) is 42.5 Å². The Labute approximate surface area is 108 Å². The number of benzene rings is 1. The maximum atomic E-state index is 11.9. The van der Waals surface area contributed by atoms with Gasteiger partial charge in [-0.2, -0.15) is 0 Å². The lowest BCUT2D eigenvalue weighted by molar-refractivity contribution is -0.0240. The van der Waals surface area contributed by atoms with E-state index in [1.165, 1.54) is 0 Å². The molecule has 0 saturated carbocycles. The molecule has 1 aromatic rings. The molecule has 3 nitrogen and oxygen atoms in total. The van der Waals surface area contributed by atoms with E-state index >= 15 is 0 Å². The van der Waals surface area contributed by atoms with Gasteiger partial charge in [-0.05, 0) is 25.7 Å². The van der Waals surface area contributed by atoms with E-state index in [4.69, 9.17) is 0 Å². The van der Waals surface area contributed by atoms with E-state index in [1.807, 2.05) is 30.3 Å².